The van der Waals surface area contributed by atoms with Crippen molar-refractivity contribution < 1.29 is 18.0 Å². The third-order valence-corrected chi connectivity index (χ3v) is 3.33. The molecule has 19 heavy (non-hydrogen) atoms. The summed E-state index contributed by atoms with van der Waals surface area (Å²) < 4.78 is 24.3. The Bertz CT molecular complexity index is 785. The lowest BCUT2D eigenvalue weighted by molar-refractivity contribution is 0.0983. The average Bonchev–Trinajstić information content (AvgIpc) is 2.93. The van der Waals surface area contributed by atoms with Crippen molar-refractivity contribution in [3.8, 4) is 0 Å². The highest BCUT2D eigenvalue weighted by Gasteiger charge is 2.22. The Hall–Kier alpha value is -1.88. The van der Waals surface area contributed by atoms with Crippen molar-refractivity contribution in [3.05, 3.63) is 57.9 Å². The molecular formula is C14H8BrFO3. The SMILES string of the molecule is Cc1c(C(=O)c2ccc(Br)o2)oc2cc(F)ccc12. The van der Waals surface area contributed by atoms with Crippen LogP contribution in [-0.2, 0) is 0 Å². The number of carbonyl (C=O) groups excluding carboxylic acids is 1. The van der Waals surface area contributed by atoms with E-state index in [1.165, 1.54) is 12.1 Å². The van der Waals surface area contributed by atoms with Gasteiger partial charge in [-0.05, 0) is 47.1 Å². The number of hydrogen-bond donors (Lipinski definition) is 0. The average molecular weight is 323 g/mol. The van der Waals surface area contributed by atoms with E-state index in [9.17, 15) is 9.18 Å². The fraction of sp³-hybridized carbons (Fsp3) is 0.0714. The van der Waals surface area contributed by atoms with Crippen LogP contribution in [0.25, 0.3) is 11.0 Å². The van der Waals surface area contributed by atoms with Crippen LogP contribution in [0.2, 0.25) is 0 Å². The van der Waals surface area contributed by atoms with Crippen LogP contribution in [-0.4, -0.2) is 5.78 Å². The van der Waals surface area contributed by atoms with Gasteiger partial charge in [0.15, 0.2) is 16.2 Å². The van der Waals surface area contributed by atoms with Gasteiger partial charge in [0.2, 0.25) is 0 Å². The molecule has 0 aliphatic heterocycles. The molecule has 0 N–H and O–H groups in total. The number of rotatable bonds is 2. The van der Waals surface area contributed by atoms with Crippen molar-refractivity contribution >= 4 is 32.7 Å². The first-order chi connectivity index (χ1) is 9.06. The molecule has 0 saturated heterocycles. The van der Waals surface area contributed by atoms with Gasteiger partial charge in [-0.3, -0.25) is 4.79 Å². The fourth-order valence-electron chi connectivity index (χ4n) is 1.96. The summed E-state index contributed by atoms with van der Waals surface area (Å²) in [5.41, 5.74) is 1.03. The van der Waals surface area contributed by atoms with Crippen LogP contribution in [0.15, 0.2) is 43.8 Å². The van der Waals surface area contributed by atoms with Crippen molar-refractivity contribution in [1.29, 1.82) is 0 Å². The van der Waals surface area contributed by atoms with Crippen molar-refractivity contribution in [2.75, 3.05) is 0 Å². The van der Waals surface area contributed by atoms with Crippen LogP contribution >= 0.6 is 15.9 Å². The number of hydrogen-bond acceptors (Lipinski definition) is 3. The van der Waals surface area contributed by atoms with E-state index in [0.29, 0.717) is 15.8 Å². The zero-order valence-corrected chi connectivity index (χ0v) is 11.5. The number of fused-ring (bicyclic) bond motifs is 1. The molecule has 3 rings (SSSR count). The molecule has 0 saturated carbocycles. The summed E-state index contributed by atoms with van der Waals surface area (Å²) >= 11 is 3.14. The van der Waals surface area contributed by atoms with Gasteiger partial charge in [-0.15, -0.1) is 0 Å². The number of carbonyl (C=O) groups is 1. The molecule has 0 radical (unpaired) electrons. The van der Waals surface area contributed by atoms with Gasteiger partial charge in [-0.1, -0.05) is 0 Å². The molecule has 0 unspecified atom stereocenters. The lowest BCUT2D eigenvalue weighted by atomic mass is 10.1. The van der Waals surface area contributed by atoms with Crippen molar-refractivity contribution in [2.45, 2.75) is 6.92 Å². The largest absolute Gasteiger partial charge is 0.452 e. The van der Waals surface area contributed by atoms with E-state index in [4.69, 9.17) is 8.83 Å². The van der Waals surface area contributed by atoms with E-state index in [0.717, 1.165) is 5.39 Å². The van der Waals surface area contributed by atoms with Gasteiger partial charge in [0, 0.05) is 17.0 Å². The Labute approximate surface area is 116 Å². The summed E-state index contributed by atoms with van der Waals surface area (Å²) in [5.74, 6) is -0.419. The summed E-state index contributed by atoms with van der Waals surface area (Å²) in [7, 11) is 0. The second-order valence-electron chi connectivity index (χ2n) is 4.13. The molecule has 0 amide bonds. The van der Waals surface area contributed by atoms with E-state index in [2.05, 4.69) is 15.9 Å². The normalized spacial score (nSPS) is 11.1. The molecule has 5 heteroatoms. The fourth-order valence-corrected chi connectivity index (χ4v) is 2.27. The van der Waals surface area contributed by atoms with Gasteiger partial charge in [0.25, 0.3) is 5.78 Å². The first-order valence-corrected chi connectivity index (χ1v) is 6.34. The van der Waals surface area contributed by atoms with E-state index < -0.39 is 5.82 Å². The molecule has 0 atom stereocenters. The Balaban J connectivity index is 2.15. The first kappa shape index (κ1) is 12.2. The summed E-state index contributed by atoms with van der Waals surface area (Å²) in [6.07, 6.45) is 0. The first-order valence-electron chi connectivity index (χ1n) is 5.55. The molecule has 3 nitrogen and oxygen atoms in total. The molecule has 96 valence electrons. The standard InChI is InChI=1S/C14H8BrFO3/c1-7-9-3-2-8(16)6-11(9)19-14(7)13(17)10-4-5-12(15)18-10/h2-6H,1H3. The van der Waals surface area contributed by atoms with Crippen LogP contribution in [0.5, 0.6) is 0 Å². The van der Waals surface area contributed by atoms with E-state index >= 15 is 0 Å². The molecule has 0 aliphatic carbocycles. The highest BCUT2D eigenvalue weighted by atomic mass is 79.9. The molecule has 1 aromatic carbocycles. The van der Waals surface area contributed by atoms with Gasteiger partial charge in [-0.2, -0.15) is 0 Å². The van der Waals surface area contributed by atoms with E-state index in [1.54, 1.807) is 25.1 Å². The molecule has 3 aromatic rings. The molecule has 2 aromatic heterocycles. The maximum atomic E-state index is 13.1. The van der Waals surface area contributed by atoms with Gasteiger partial charge in [-0.25, -0.2) is 4.39 Å². The maximum absolute atomic E-state index is 13.1. The zero-order valence-electron chi connectivity index (χ0n) is 9.87. The summed E-state index contributed by atoms with van der Waals surface area (Å²) in [6, 6.07) is 7.38. The lowest BCUT2D eigenvalue weighted by Crippen LogP contribution is -1.99. The van der Waals surface area contributed by atoms with E-state index in [-0.39, 0.29) is 17.3 Å². The molecular weight excluding hydrogens is 315 g/mol. The molecule has 2 heterocycles. The van der Waals surface area contributed by atoms with Gasteiger partial charge in [0.05, 0.1) is 0 Å². The van der Waals surface area contributed by atoms with Crippen molar-refractivity contribution in [2.24, 2.45) is 0 Å². The Morgan fingerprint density at radius 3 is 2.68 bits per heavy atom. The lowest BCUT2D eigenvalue weighted by Gasteiger charge is -1.93. The van der Waals surface area contributed by atoms with Crippen LogP contribution < -0.4 is 0 Å². The quantitative estimate of drug-likeness (QED) is 0.654. The topological polar surface area (TPSA) is 43.4 Å². The van der Waals surface area contributed by atoms with E-state index in [1.807, 2.05) is 0 Å². The van der Waals surface area contributed by atoms with Crippen LogP contribution in [0.3, 0.4) is 0 Å². The molecule has 0 bridgehead atoms. The number of benzene rings is 1. The predicted molar refractivity (Wildman–Crippen MR) is 70.7 cm³/mol. The third-order valence-electron chi connectivity index (χ3n) is 2.90. The molecule has 0 aliphatic rings. The third kappa shape index (κ3) is 2.00. The van der Waals surface area contributed by atoms with Crippen LogP contribution in [0.1, 0.15) is 21.9 Å². The summed E-state index contributed by atoms with van der Waals surface area (Å²) in [4.78, 5) is 12.2. The molecule has 0 spiro atoms. The van der Waals surface area contributed by atoms with Crippen molar-refractivity contribution in [3.63, 3.8) is 0 Å². The Morgan fingerprint density at radius 2 is 2.00 bits per heavy atom. The molecule has 0 fully saturated rings. The highest BCUT2D eigenvalue weighted by molar-refractivity contribution is 9.10. The van der Waals surface area contributed by atoms with Crippen LogP contribution in [0.4, 0.5) is 4.39 Å². The predicted octanol–water partition coefficient (Wildman–Crippen LogP) is 4.47. The smallest absolute Gasteiger partial charge is 0.263 e. The minimum atomic E-state index is -0.402. The van der Waals surface area contributed by atoms with Gasteiger partial charge < -0.3 is 8.83 Å². The monoisotopic (exact) mass is 322 g/mol. The number of aryl methyl sites for hydroxylation is 1. The minimum Gasteiger partial charge on any atom is -0.452 e. The second-order valence-corrected chi connectivity index (χ2v) is 4.91. The number of furan rings is 2. The summed E-state index contributed by atoms with van der Waals surface area (Å²) in [6.45, 7) is 1.76. The van der Waals surface area contributed by atoms with Crippen molar-refractivity contribution in [1.82, 2.24) is 0 Å². The number of ketones is 1. The summed E-state index contributed by atoms with van der Waals surface area (Å²) in [5, 5.41) is 0.718. The zero-order chi connectivity index (χ0) is 13.6. The Kier molecular flexibility index (Phi) is 2.78. The second kappa shape index (κ2) is 4.35. The van der Waals surface area contributed by atoms with Crippen LogP contribution in [0, 0.1) is 12.7 Å². The highest BCUT2D eigenvalue weighted by Crippen LogP contribution is 2.28. The Morgan fingerprint density at radius 1 is 1.21 bits per heavy atom. The van der Waals surface area contributed by atoms with Gasteiger partial charge in [0.1, 0.15) is 11.4 Å². The van der Waals surface area contributed by atoms with Gasteiger partial charge >= 0.3 is 0 Å². The maximum Gasteiger partial charge on any atom is 0.263 e. The number of halogens is 2. The minimum absolute atomic E-state index is 0.169.